The van der Waals surface area contributed by atoms with Crippen molar-refractivity contribution in [2.75, 3.05) is 6.54 Å². The van der Waals surface area contributed by atoms with E-state index in [2.05, 4.69) is 15.4 Å². The second-order valence-electron chi connectivity index (χ2n) is 8.38. The summed E-state index contributed by atoms with van der Waals surface area (Å²) in [6, 6.07) is -2.09. The number of carboxylic acid groups (broad SMARTS) is 1. The summed E-state index contributed by atoms with van der Waals surface area (Å²) in [6.45, 7) is -0.664. The van der Waals surface area contributed by atoms with Crippen LogP contribution >= 0.6 is 0 Å². The van der Waals surface area contributed by atoms with E-state index in [4.69, 9.17) is 0 Å². The second-order valence-corrected chi connectivity index (χ2v) is 8.38. The molecule has 2 aromatic rings. The lowest BCUT2D eigenvalue weighted by atomic mass is 9.81. The van der Waals surface area contributed by atoms with Crippen LogP contribution in [0.4, 0.5) is 31.5 Å². The molecule has 1 saturated carbocycles. The average molecular weight is 476 g/mol. The number of aromatic nitrogens is 3. The first-order valence-corrected chi connectivity index (χ1v) is 10.2. The van der Waals surface area contributed by atoms with Crippen molar-refractivity contribution in [2.24, 2.45) is 5.92 Å². The summed E-state index contributed by atoms with van der Waals surface area (Å²) in [5.74, 6) is -3.15. The first kappa shape index (κ1) is 23.0. The van der Waals surface area contributed by atoms with Crippen molar-refractivity contribution < 1.29 is 36.6 Å². The first-order valence-electron chi connectivity index (χ1n) is 10.2. The molecule has 180 valence electrons. The maximum absolute atomic E-state index is 13.5. The van der Waals surface area contributed by atoms with Crippen LogP contribution in [0.25, 0.3) is 5.65 Å². The lowest BCUT2D eigenvalue weighted by molar-refractivity contribution is -0.149. The van der Waals surface area contributed by atoms with E-state index in [0.717, 1.165) is 4.90 Å². The van der Waals surface area contributed by atoms with Gasteiger partial charge in [-0.1, -0.05) is 0 Å². The van der Waals surface area contributed by atoms with Crippen molar-refractivity contribution in [3.05, 3.63) is 29.7 Å². The standard InChI is InChI=1S/C19H21F5N6O3/c20-18(21)3-1-11(2-4-18)15(28-17(32)33)12-8-30-14(26-12)5-10(6-25-30)7-29-9-13(19(22,23)24)27-16(29)31/h5-6,8,11,13,15,28H,1-4,7,9H2,(H,27,31)(H,32,33)/t13-,15?/m0/s1. The first-order chi connectivity index (χ1) is 15.4. The van der Waals surface area contributed by atoms with Gasteiger partial charge in [0.25, 0.3) is 0 Å². The van der Waals surface area contributed by atoms with E-state index in [9.17, 15) is 36.6 Å². The van der Waals surface area contributed by atoms with E-state index in [1.54, 1.807) is 0 Å². The minimum Gasteiger partial charge on any atom is -0.465 e. The number of rotatable bonds is 5. The number of hydrogen-bond acceptors (Lipinski definition) is 4. The fraction of sp³-hybridized carbons (Fsp3) is 0.579. The Kier molecular flexibility index (Phi) is 5.78. The normalized spacial score (nSPS) is 22.4. The molecule has 3 N–H and O–H groups in total. The van der Waals surface area contributed by atoms with Gasteiger partial charge >= 0.3 is 18.3 Å². The number of alkyl halides is 5. The number of fused-ring (bicyclic) bond motifs is 1. The van der Waals surface area contributed by atoms with Crippen LogP contribution in [0, 0.1) is 5.92 Å². The molecule has 2 aliphatic rings. The van der Waals surface area contributed by atoms with Gasteiger partial charge in [-0.2, -0.15) is 18.3 Å². The Labute approximate surface area is 183 Å². The van der Waals surface area contributed by atoms with E-state index in [-0.39, 0.29) is 43.8 Å². The predicted molar refractivity (Wildman–Crippen MR) is 103 cm³/mol. The van der Waals surface area contributed by atoms with Gasteiger partial charge in [-0.05, 0) is 30.4 Å². The minimum atomic E-state index is -4.56. The zero-order chi connectivity index (χ0) is 24.0. The molecule has 14 heteroatoms. The number of urea groups is 1. The zero-order valence-electron chi connectivity index (χ0n) is 17.1. The minimum absolute atomic E-state index is 0.120. The van der Waals surface area contributed by atoms with Crippen LogP contribution in [-0.4, -0.2) is 61.4 Å². The van der Waals surface area contributed by atoms with Crippen LogP contribution < -0.4 is 10.6 Å². The molecule has 1 unspecified atom stereocenters. The fourth-order valence-corrected chi connectivity index (χ4v) is 4.26. The second kappa shape index (κ2) is 8.30. The summed E-state index contributed by atoms with van der Waals surface area (Å²) in [5.41, 5.74) is 1.01. The molecule has 0 bridgehead atoms. The number of nitrogens with one attached hydrogen (secondary N) is 2. The monoisotopic (exact) mass is 476 g/mol. The van der Waals surface area contributed by atoms with Crippen LogP contribution in [0.3, 0.4) is 0 Å². The molecule has 1 aliphatic heterocycles. The molecule has 1 aliphatic carbocycles. The molecular formula is C19H21F5N6O3. The highest BCUT2D eigenvalue weighted by molar-refractivity contribution is 5.77. The summed E-state index contributed by atoms with van der Waals surface area (Å²) in [6.07, 6.45) is -3.47. The third-order valence-corrected chi connectivity index (χ3v) is 5.98. The molecule has 3 heterocycles. The molecule has 9 nitrogen and oxygen atoms in total. The molecule has 0 spiro atoms. The molecule has 2 aromatic heterocycles. The number of nitrogens with zero attached hydrogens (tertiary/aromatic N) is 4. The molecular weight excluding hydrogens is 455 g/mol. The van der Waals surface area contributed by atoms with Crippen molar-refractivity contribution in [1.29, 1.82) is 0 Å². The lowest BCUT2D eigenvalue weighted by Crippen LogP contribution is -2.40. The van der Waals surface area contributed by atoms with Crippen molar-refractivity contribution in [3.63, 3.8) is 0 Å². The van der Waals surface area contributed by atoms with Crippen LogP contribution in [0.5, 0.6) is 0 Å². The van der Waals surface area contributed by atoms with E-state index in [1.165, 1.54) is 23.0 Å². The van der Waals surface area contributed by atoms with Gasteiger partial charge in [-0.15, -0.1) is 0 Å². The molecule has 33 heavy (non-hydrogen) atoms. The third-order valence-electron chi connectivity index (χ3n) is 5.98. The maximum Gasteiger partial charge on any atom is 0.410 e. The predicted octanol–water partition coefficient (Wildman–Crippen LogP) is 3.32. The lowest BCUT2D eigenvalue weighted by Gasteiger charge is -2.32. The van der Waals surface area contributed by atoms with Crippen molar-refractivity contribution in [2.45, 2.75) is 56.4 Å². The van der Waals surface area contributed by atoms with Crippen molar-refractivity contribution in [3.8, 4) is 0 Å². The topological polar surface area (TPSA) is 112 Å². The van der Waals surface area contributed by atoms with Crippen molar-refractivity contribution in [1.82, 2.24) is 30.1 Å². The summed E-state index contributed by atoms with van der Waals surface area (Å²) in [7, 11) is 0. The summed E-state index contributed by atoms with van der Waals surface area (Å²) >= 11 is 0. The Bertz CT molecular complexity index is 1050. The Morgan fingerprint density at radius 1 is 1.33 bits per heavy atom. The Morgan fingerprint density at radius 3 is 2.64 bits per heavy atom. The number of carbonyl (C=O) groups excluding carboxylic acids is 1. The van der Waals surface area contributed by atoms with Crippen molar-refractivity contribution >= 4 is 17.8 Å². The molecule has 0 radical (unpaired) electrons. The van der Waals surface area contributed by atoms with Gasteiger partial charge < -0.3 is 20.6 Å². The Balaban J connectivity index is 1.53. The Morgan fingerprint density at radius 2 is 2.03 bits per heavy atom. The molecule has 2 fully saturated rings. The molecule has 1 saturated heterocycles. The van der Waals surface area contributed by atoms with E-state index in [1.807, 2.05) is 5.32 Å². The van der Waals surface area contributed by atoms with E-state index < -0.39 is 42.9 Å². The van der Waals surface area contributed by atoms with Gasteiger partial charge in [0.2, 0.25) is 5.92 Å². The number of imidazole rings is 1. The quantitative estimate of drug-likeness (QED) is 0.574. The zero-order valence-corrected chi connectivity index (χ0v) is 17.1. The summed E-state index contributed by atoms with van der Waals surface area (Å²) in [4.78, 5) is 28.6. The summed E-state index contributed by atoms with van der Waals surface area (Å²) in [5, 5.41) is 17.6. The van der Waals surface area contributed by atoms with Crippen LogP contribution in [0.1, 0.15) is 43.0 Å². The Hall–Kier alpha value is -3.19. The molecule has 4 rings (SSSR count). The number of amides is 3. The SMILES string of the molecule is O=C(O)NC(c1cn2ncc(CN3C[C@@H](C(F)(F)F)NC3=O)cc2n1)C1CCC(F)(F)CC1. The average Bonchev–Trinajstić information content (AvgIpc) is 3.29. The highest BCUT2D eigenvalue weighted by Gasteiger charge is 2.46. The third kappa shape index (κ3) is 5.09. The van der Waals surface area contributed by atoms with Gasteiger partial charge in [-0.3, -0.25) is 0 Å². The van der Waals surface area contributed by atoms with Crippen LogP contribution in [0.2, 0.25) is 0 Å². The number of halogens is 5. The van der Waals surface area contributed by atoms with Gasteiger partial charge in [0.1, 0.15) is 6.04 Å². The van der Waals surface area contributed by atoms with Gasteiger partial charge in [0.15, 0.2) is 5.65 Å². The van der Waals surface area contributed by atoms with Crippen LogP contribution in [0.15, 0.2) is 18.5 Å². The van der Waals surface area contributed by atoms with Gasteiger partial charge in [0, 0.05) is 19.4 Å². The number of carbonyl (C=O) groups is 2. The number of hydrogen-bond donors (Lipinski definition) is 3. The van der Waals surface area contributed by atoms with Gasteiger partial charge in [-0.25, -0.2) is 27.9 Å². The maximum atomic E-state index is 13.5. The smallest absolute Gasteiger partial charge is 0.410 e. The van der Waals surface area contributed by atoms with E-state index >= 15 is 0 Å². The van der Waals surface area contributed by atoms with Crippen LogP contribution in [-0.2, 0) is 6.54 Å². The summed E-state index contributed by atoms with van der Waals surface area (Å²) < 4.78 is 67.0. The molecule has 0 aromatic carbocycles. The fourth-order valence-electron chi connectivity index (χ4n) is 4.26. The largest absolute Gasteiger partial charge is 0.465 e. The molecule has 2 atom stereocenters. The molecule has 3 amide bonds. The van der Waals surface area contributed by atoms with Gasteiger partial charge in [0.05, 0.1) is 30.7 Å². The highest BCUT2D eigenvalue weighted by atomic mass is 19.4. The highest BCUT2D eigenvalue weighted by Crippen LogP contribution is 2.41. The van der Waals surface area contributed by atoms with E-state index in [0.29, 0.717) is 11.3 Å².